The quantitative estimate of drug-likeness (QED) is 0.176. The van der Waals surface area contributed by atoms with Crippen LogP contribution in [0.4, 0.5) is 4.79 Å². The Kier molecular flexibility index (Phi) is 7.84. The Labute approximate surface area is 208 Å². The molecule has 9 heteroatoms. The lowest BCUT2D eigenvalue weighted by atomic mass is 9.96. The van der Waals surface area contributed by atoms with Gasteiger partial charge in [-0.1, -0.05) is 54.6 Å². The van der Waals surface area contributed by atoms with Crippen LogP contribution in [0.15, 0.2) is 66.7 Å². The van der Waals surface area contributed by atoms with Gasteiger partial charge in [0.2, 0.25) is 0 Å². The molecule has 0 bridgehead atoms. The standard InChI is InChI=1S/C27H29N3O6/c1-35-16-10-11-21(22(14-16)26(33)30-28)25(32)24(31)12-13-29-27(34)36-15-23-19-8-4-2-6-17(19)18-7-3-5-9-20(18)23/h2-11,14,23-25,31-32H,12-13,15,28H2,1H3,(H,29,34)(H,30,33). The third-order valence-corrected chi connectivity index (χ3v) is 6.37. The lowest BCUT2D eigenvalue weighted by Crippen LogP contribution is -2.33. The van der Waals surface area contributed by atoms with E-state index in [4.69, 9.17) is 15.3 Å². The summed E-state index contributed by atoms with van der Waals surface area (Å²) in [5.74, 6) is 4.94. The van der Waals surface area contributed by atoms with E-state index >= 15 is 0 Å². The number of alkyl carbamates (subject to hydrolysis) is 1. The van der Waals surface area contributed by atoms with Crippen LogP contribution in [0.25, 0.3) is 11.1 Å². The second-order valence-electron chi connectivity index (χ2n) is 8.48. The first kappa shape index (κ1) is 25.2. The molecule has 3 aromatic carbocycles. The normalized spacial score (nSPS) is 13.8. The molecule has 0 saturated carbocycles. The maximum Gasteiger partial charge on any atom is 0.407 e. The molecule has 6 N–H and O–H groups in total. The summed E-state index contributed by atoms with van der Waals surface area (Å²) in [6, 6.07) is 20.6. The molecule has 36 heavy (non-hydrogen) atoms. The molecule has 0 spiro atoms. The summed E-state index contributed by atoms with van der Waals surface area (Å²) in [6.07, 6.45) is -3.23. The number of amides is 2. The van der Waals surface area contributed by atoms with Crippen LogP contribution in [0.5, 0.6) is 5.75 Å². The smallest absolute Gasteiger partial charge is 0.407 e. The Morgan fingerprint density at radius 3 is 2.25 bits per heavy atom. The van der Waals surface area contributed by atoms with Crippen molar-refractivity contribution in [3.8, 4) is 16.9 Å². The molecule has 4 rings (SSSR count). The largest absolute Gasteiger partial charge is 0.497 e. The predicted octanol–water partition coefficient (Wildman–Crippen LogP) is 2.62. The number of benzene rings is 3. The van der Waals surface area contributed by atoms with E-state index in [0.29, 0.717) is 5.75 Å². The number of aliphatic hydroxyl groups is 2. The minimum absolute atomic E-state index is 0.0288. The highest BCUT2D eigenvalue weighted by molar-refractivity contribution is 5.95. The molecule has 188 valence electrons. The Hall–Kier alpha value is -3.92. The van der Waals surface area contributed by atoms with E-state index in [1.54, 1.807) is 6.07 Å². The molecule has 3 aromatic rings. The fraction of sp³-hybridized carbons (Fsp3) is 0.259. The zero-order valence-electron chi connectivity index (χ0n) is 19.8. The highest BCUT2D eigenvalue weighted by Gasteiger charge is 2.29. The van der Waals surface area contributed by atoms with Gasteiger partial charge in [-0.25, -0.2) is 10.6 Å². The number of hydrogen-bond donors (Lipinski definition) is 5. The van der Waals surface area contributed by atoms with Gasteiger partial charge in [0.1, 0.15) is 18.5 Å². The zero-order chi connectivity index (χ0) is 25.7. The van der Waals surface area contributed by atoms with E-state index in [1.807, 2.05) is 41.8 Å². The molecule has 2 atom stereocenters. The van der Waals surface area contributed by atoms with Gasteiger partial charge in [-0.05, 0) is 46.4 Å². The van der Waals surface area contributed by atoms with Gasteiger partial charge in [0.25, 0.3) is 5.91 Å². The Morgan fingerprint density at radius 2 is 1.64 bits per heavy atom. The summed E-state index contributed by atoms with van der Waals surface area (Å²) < 4.78 is 10.6. The number of hydrogen-bond acceptors (Lipinski definition) is 7. The monoisotopic (exact) mass is 491 g/mol. The second-order valence-corrected chi connectivity index (χ2v) is 8.48. The summed E-state index contributed by atoms with van der Waals surface area (Å²) in [5, 5.41) is 23.7. The van der Waals surface area contributed by atoms with Gasteiger partial charge in [-0.15, -0.1) is 0 Å². The molecule has 2 unspecified atom stereocenters. The Bertz CT molecular complexity index is 1200. The molecule has 1 aliphatic rings. The molecule has 0 saturated heterocycles. The van der Waals surface area contributed by atoms with Crippen LogP contribution in [0, 0.1) is 0 Å². The topological polar surface area (TPSA) is 143 Å². The van der Waals surface area contributed by atoms with Crippen LogP contribution in [0.1, 0.15) is 45.5 Å². The van der Waals surface area contributed by atoms with Gasteiger partial charge in [-0.2, -0.15) is 0 Å². The molecule has 9 nitrogen and oxygen atoms in total. The van der Waals surface area contributed by atoms with Crippen LogP contribution >= 0.6 is 0 Å². The second kappa shape index (κ2) is 11.2. The minimum Gasteiger partial charge on any atom is -0.497 e. The number of carbonyl (C=O) groups excluding carboxylic acids is 2. The maximum absolute atomic E-state index is 12.3. The van der Waals surface area contributed by atoms with Crippen molar-refractivity contribution in [3.05, 3.63) is 89.0 Å². The van der Waals surface area contributed by atoms with Crippen LogP contribution in [0.3, 0.4) is 0 Å². The number of hydrazine groups is 1. The molecule has 0 aromatic heterocycles. The van der Waals surface area contributed by atoms with E-state index < -0.39 is 24.2 Å². The number of nitrogens with one attached hydrogen (secondary N) is 2. The molecule has 0 aliphatic heterocycles. The van der Waals surface area contributed by atoms with Crippen molar-refractivity contribution in [2.24, 2.45) is 5.84 Å². The highest BCUT2D eigenvalue weighted by atomic mass is 16.5. The van der Waals surface area contributed by atoms with E-state index in [9.17, 15) is 19.8 Å². The highest BCUT2D eigenvalue weighted by Crippen LogP contribution is 2.44. The van der Waals surface area contributed by atoms with Crippen molar-refractivity contribution in [1.82, 2.24) is 10.7 Å². The van der Waals surface area contributed by atoms with Crippen LogP contribution in [0.2, 0.25) is 0 Å². The molecular formula is C27H29N3O6. The van der Waals surface area contributed by atoms with E-state index in [-0.39, 0.29) is 36.6 Å². The van der Waals surface area contributed by atoms with Gasteiger partial charge in [0.15, 0.2) is 0 Å². The molecule has 0 fully saturated rings. The molecular weight excluding hydrogens is 462 g/mol. The van der Waals surface area contributed by atoms with Crippen molar-refractivity contribution in [2.45, 2.75) is 24.5 Å². The first-order valence-corrected chi connectivity index (χ1v) is 11.6. The minimum atomic E-state index is -1.38. The predicted molar refractivity (Wildman–Crippen MR) is 133 cm³/mol. The fourth-order valence-corrected chi connectivity index (χ4v) is 4.53. The number of carbonyl (C=O) groups is 2. The van der Waals surface area contributed by atoms with Crippen molar-refractivity contribution < 1.29 is 29.3 Å². The number of nitrogen functional groups attached to an aromatic ring is 1. The number of methoxy groups -OCH3 is 1. The van der Waals surface area contributed by atoms with Crippen molar-refractivity contribution in [2.75, 3.05) is 20.3 Å². The average molecular weight is 492 g/mol. The lowest BCUT2D eigenvalue weighted by Gasteiger charge is -2.21. The van der Waals surface area contributed by atoms with Crippen LogP contribution < -0.4 is 21.3 Å². The van der Waals surface area contributed by atoms with Gasteiger partial charge in [0, 0.05) is 12.5 Å². The lowest BCUT2D eigenvalue weighted by molar-refractivity contribution is 0.0131. The summed E-state index contributed by atoms with van der Waals surface area (Å²) in [5.41, 5.74) is 6.78. The molecule has 0 radical (unpaired) electrons. The summed E-state index contributed by atoms with van der Waals surface area (Å²) in [7, 11) is 1.44. The van der Waals surface area contributed by atoms with E-state index in [0.717, 1.165) is 22.3 Å². The third kappa shape index (κ3) is 5.18. The van der Waals surface area contributed by atoms with Crippen molar-refractivity contribution in [1.29, 1.82) is 0 Å². The average Bonchev–Trinajstić information content (AvgIpc) is 3.24. The number of rotatable bonds is 9. The number of ether oxygens (including phenoxy) is 2. The zero-order valence-corrected chi connectivity index (χ0v) is 19.8. The maximum atomic E-state index is 12.3. The van der Waals surface area contributed by atoms with Crippen LogP contribution in [-0.4, -0.2) is 48.6 Å². The third-order valence-electron chi connectivity index (χ3n) is 6.37. The molecule has 0 heterocycles. The van der Waals surface area contributed by atoms with Gasteiger partial charge < -0.3 is 25.0 Å². The van der Waals surface area contributed by atoms with Gasteiger partial charge in [0.05, 0.1) is 18.8 Å². The number of aliphatic hydroxyl groups excluding tert-OH is 2. The summed E-state index contributed by atoms with van der Waals surface area (Å²) >= 11 is 0. The van der Waals surface area contributed by atoms with Gasteiger partial charge >= 0.3 is 6.09 Å². The Balaban J connectivity index is 1.31. The fourth-order valence-electron chi connectivity index (χ4n) is 4.53. The first-order chi connectivity index (χ1) is 17.4. The summed E-state index contributed by atoms with van der Waals surface area (Å²) in [6.45, 7) is 0.234. The SMILES string of the molecule is COc1ccc(C(O)C(O)CCNC(=O)OCC2c3ccccc3-c3ccccc32)c(C(=O)NN)c1. The van der Waals surface area contributed by atoms with Crippen molar-refractivity contribution >= 4 is 12.0 Å². The first-order valence-electron chi connectivity index (χ1n) is 11.6. The van der Waals surface area contributed by atoms with E-state index in [2.05, 4.69) is 17.4 Å². The Morgan fingerprint density at radius 1 is 1.00 bits per heavy atom. The summed E-state index contributed by atoms with van der Waals surface area (Å²) in [4.78, 5) is 24.4. The molecule has 1 aliphatic carbocycles. The number of nitrogens with two attached hydrogens (primary N) is 1. The van der Waals surface area contributed by atoms with E-state index in [1.165, 1.54) is 19.2 Å². The van der Waals surface area contributed by atoms with Gasteiger partial charge in [-0.3, -0.25) is 10.2 Å². The number of fused-ring (bicyclic) bond motifs is 3. The van der Waals surface area contributed by atoms with Crippen LogP contribution in [-0.2, 0) is 4.74 Å². The van der Waals surface area contributed by atoms with Crippen molar-refractivity contribution in [3.63, 3.8) is 0 Å². The molecule has 2 amide bonds.